The normalized spacial score (nSPS) is 13.5. The summed E-state index contributed by atoms with van der Waals surface area (Å²) >= 11 is 0. The molecule has 0 atom stereocenters. The van der Waals surface area contributed by atoms with E-state index in [-0.39, 0.29) is 5.41 Å². The van der Waals surface area contributed by atoms with Gasteiger partial charge < -0.3 is 15.2 Å². The molecule has 0 bridgehead atoms. The molecule has 0 heterocycles. The third-order valence-electron chi connectivity index (χ3n) is 5.87. The van der Waals surface area contributed by atoms with E-state index in [9.17, 15) is 0 Å². The summed E-state index contributed by atoms with van der Waals surface area (Å²) in [4.78, 5) is 0. The molecule has 1 aliphatic carbocycles. The first-order valence-electron chi connectivity index (χ1n) is 11.3. The van der Waals surface area contributed by atoms with Crippen LogP contribution < -0.4 is 10.5 Å². The molecule has 2 N–H and O–H groups in total. The fourth-order valence-corrected chi connectivity index (χ4v) is 3.85. The van der Waals surface area contributed by atoms with Gasteiger partial charge in [-0.25, -0.2) is 0 Å². The van der Waals surface area contributed by atoms with Crippen LogP contribution in [0.4, 0.5) is 5.69 Å². The van der Waals surface area contributed by atoms with E-state index in [0.717, 1.165) is 41.4 Å². The van der Waals surface area contributed by atoms with E-state index in [1.807, 2.05) is 48.6 Å². The standard InChI is InChI=1S/C30H31NO2/c1-22-4-14-27(15-5-22)32-21-24-8-6-23(7-9-24)20-30(2,3)25-10-16-28(17-11-25)33-29-18-12-26(31)13-19-29/h4,6-19H,1,5,20-21,31H2,2-3H3. The van der Waals surface area contributed by atoms with Crippen LogP contribution in [0.1, 0.15) is 37.0 Å². The lowest BCUT2D eigenvalue weighted by atomic mass is 9.79. The number of hydrogen-bond donors (Lipinski definition) is 1. The second kappa shape index (κ2) is 9.83. The largest absolute Gasteiger partial charge is 0.489 e. The van der Waals surface area contributed by atoms with Crippen molar-refractivity contribution in [3.8, 4) is 11.5 Å². The van der Waals surface area contributed by atoms with Crippen LogP contribution in [0, 0.1) is 0 Å². The van der Waals surface area contributed by atoms with Crippen LogP contribution in [-0.4, -0.2) is 0 Å². The van der Waals surface area contributed by atoms with Crippen molar-refractivity contribution in [1.82, 2.24) is 0 Å². The molecule has 0 unspecified atom stereocenters. The van der Waals surface area contributed by atoms with Crippen molar-refractivity contribution in [3.05, 3.63) is 126 Å². The Morgan fingerprint density at radius 3 is 2.03 bits per heavy atom. The lowest BCUT2D eigenvalue weighted by molar-refractivity contribution is 0.209. The molecule has 168 valence electrons. The summed E-state index contributed by atoms with van der Waals surface area (Å²) in [5, 5.41) is 0. The van der Waals surface area contributed by atoms with Crippen LogP contribution in [-0.2, 0) is 23.2 Å². The number of benzene rings is 3. The maximum absolute atomic E-state index is 5.92. The lowest BCUT2D eigenvalue weighted by Gasteiger charge is -2.26. The number of nitrogen functional groups attached to an aromatic ring is 1. The minimum atomic E-state index is -0.00214. The lowest BCUT2D eigenvalue weighted by Crippen LogP contribution is -2.20. The molecule has 3 heteroatoms. The van der Waals surface area contributed by atoms with E-state index >= 15 is 0 Å². The molecule has 0 saturated carbocycles. The van der Waals surface area contributed by atoms with E-state index in [2.05, 4.69) is 62.9 Å². The molecule has 4 rings (SSSR count). The Morgan fingerprint density at radius 2 is 1.42 bits per heavy atom. The van der Waals surface area contributed by atoms with Gasteiger partial charge in [0.15, 0.2) is 0 Å². The maximum atomic E-state index is 5.92. The molecule has 3 nitrogen and oxygen atoms in total. The molecule has 0 amide bonds. The smallest absolute Gasteiger partial charge is 0.127 e. The van der Waals surface area contributed by atoms with E-state index in [1.54, 1.807) is 0 Å². The zero-order valence-electron chi connectivity index (χ0n) is 19.4. The fourth-order valence-electron chi connectivity index (χ4n) is 3.85. The molecule has 3 aromatic carbocycles. The van der Waals surface area contributed by atoms with Crippen molar-refractivity contribution in [2.75, 3.05) is 5.73 Å². The SMILES string of the molecule is C=C1C=CC(OCc2ccc(CC(C)(C)c3ccc(Oc4ccc(N)cc4)cc3)cc2)=CC1. The number of allylic oxidation sites excluding steroid dienone is 4. The van der Waals surface area contributed by atoms with Crippen LogP contribution in [0.15, 0.2) is 109 Å². The summed E-state index contributed by atoms with van der Waals surface area (Å²) in [6.07, 6.45) is 7.87. The third-order valence-corrected chi connectivity index (χ3v) is 5.87. The highest BCUT2D eigenvalue weighted by Crippen LogP contribution is 2.31. The zero-order chi connectivity index (χ0) is 23.3. The Hall–Kier alpha value is -3.72. The number of anilines is 1. The monoisotopic (exact) mass is 437 g/mol. The summed E-state index contributed by atoms with van der Waals surface area (Å²) in [7, 11) is 0. The Kier molecular flexibility index (Phi) is 6.69. The van der Waals surface area contributed by atoms with Crippen LogP contribution in [0.3, 0.4) is 0 Å². The summed E-state index contributed by atoms with van der Waals surface area (Å²) in [6.45, 7) is 9.07. The predicted octanol–water partition coefficient (Wildman–Crippen LogP) is 7.50. The first-order valence-corrected chi connectivity index (χ1v) is 11.3. The Balaban J connectivity index is 1.34. The van der Waals surface area contributed by atoms with Gasteiger partial charge in [0.2, 0.25) is 0 Å². The van der Waals surface area contributed by atoms with Gasteiger partial charge in [0.1, 0.15) is 23.9 Å². The quantitative estimate of drug-likeness (QED) is 0.371. The van der Waals surface area contributed by atoms with Crippen molar-refractivity contribution < 1.29 is 9.47 Å². The van der Waals surface area contributed by atoms with Crippen molar-refractivity contribution in [2.45, 2.75) is 38.7 Å². The highest BCUT2D eigenvalue weighted by molar-refractivity contribution is 5.43. The van der Waals surface area contributed by atoms with Gasteiger partial charge in [-0.1, -0.05) is 68.5 Å². The van der Waals surface area contributed by atoms with Crippen molar-refractivity contribution in [2.24, 2.45) is 0 Å². The number of rotatable bonds is 8. The zero-order valence-corrected chi connectivity index (χ0v) is 19.4. The molecule has 0 aliphatic heterocycles. The molecule has 0 aromatic heterocycles. The van der Waals surface area contributed by atoms with Crippen molar-refractivity contribution in [3.63, 3.8) is 0 Å². The Morgan fingerprint density at radius 1 is 0.818 bits per heavy atom. The summed E-state index contributed by atoms with van der Waals surface area (Å²) in [6, 6.07) is 24.5. The maximum Gasteiger partial charge on any atom is 0.127 e. The van der Waals surface area contributed by atoms with Crippen molar-refractivity contribution >= 4 is 5.69 Å². The van der Waals surface area contributed by atoms with Gasteiger partial charge in [0.05, 0.1) is 0 Å². The first kappa shape index (κ1) is 22.5. The van der Waals surface area contributed by atoms with Gasteiger partial charge >= 0.3 is 0 Å². The van der Waals surface area contributed by atoms with Crippen LogP contribution in [0.2, 0.25) is 0 Å². The number of ether oxygens (including phenoxy) is 2. The van der Waals surface area contributed by atoms with Gasteiger partial charge in [0, 0.05) is 5.69 Å². The van der Waals surface area contributed by atoms with E-state index in [4.69, 9.17) is 15.2 Å². The van der Waals surface area contributed by atoms with E-state index < -0.39 is 0 Å². The minimum absolute atomic E-state index is 0.00214. The average Bonchev–Trinajstić information content (AvgIpc) is 2.81. The van der Waals surface area contributed by atoms with E-state index in [1.165, 1.54) is 16.7 Å². The molecule has 0 saturated heterocycles. The van der Waals surface area contributed by atoms with Crippen LogP contribution in [0.5, 0.6) is 11.5 Å². The molecule has 0 fully saturated rings. The van der Waals surface area contributed by atoms with Crippen LogP contribution >= 0.6 is 0 Å². The molecule has 0 radical (unpaired) electrons. The first-order chi connectivity index (χ1) is 15.9. The van der Waals surface area contributed by atoms with Gasteiger partial charge in [0.25, 0.3) is 0 Å². The third kappa shape index (κ3) is 6.17. The summed E-state index contributed by atoms with van der Waals surface area (Å²) in [5.74, 6) is 2.51. The van der Waals surface area contributed by atoms with Crippen LogP contribution in [0.25, 0.3) is 0 Å². The van der Waals surface area contributed by atoms with Gasteiger partial charge in [-0.2, -0.15) is 0 Å². The second-order valence-corrected chi connectivity index (χ2v) is 9.16. The highest BCUT2D eigenvalue weighted by atomic mass is 16.5. The molecule has 33 heavy (non-hydrogen) atoms. The molecule has 0 spiro atoms. The second-order valence-electron chi connectivity index (χ2n) is 9.16. The summed E-state index contributed by atoms with van der Waals surface area (Å²) < 4.78 is 11.8. The number of hydrogen-bond acceptors (Lipinski definition) is 3. The highest BCUT2D eigenvalue weighted by Gasteiger charge is 2.21. The number of nitrogens with two attached hydrogens (primary N) is 1. The molecule has 1 aliphatic rings. The topological polar surface area (TPSA) is 44.5 Å². The predicted molar refractivity (Wildman–Crippen MR) is 136 cm³/mol. The van der Waals surface area contributed by atoms with Gasteiger partial charge in [-0.3, -0.25) is 0 Å². The molecule has 3 aromatic rings. The van der Waals surface area contributed by atoms with Gasteiger partial charge in [-0.05, 0) is 83.5 Å². The molecular formula is C30H31NO2. The average molecular weight is 438 g/mol. The Labute approximate surface area is 196 Å². The van der Waals surface area contributed by atoms with Gasteiger partial charge in [-0.15, -0.1) is 0 Å². The Bertz CT molecular complexity index is 1150. The van der Waals surface area contributed by atoms with Crippen molar-refractivity contribution in [1.29, 1.82) is 0 Å². The summed E-state index contributed by atoms with van der Waals surface area (Å²) in [5.41, 5.74) is 11.3. The fraction of sp³-hybridized carbons (Fsp3) is 0.200. The van der Waals surface area contributed by atoms with E-state index in [0.29, 0.717) is 6.61 Å². The molecular weight excluding hydrogens is 406 g/mol. The minimum Gasteiger partial charge on any atom is -0.489 e.